The molecule has 1 saturated carbocycles. The van der Waals surface area contributed by atoms with Crippen LogP contribution >= 0.6 is 0 Å². The van der Waals surface area contributed by atoms with Gasteiger partial charge in [-0.25, -0.2) is 0 Å². The molecule has 2 nitrogen and oxygen atoms in total. The highest BCUT2D eigenvalue weighted by Crippen LogP contribution is 2.40. The highest BCUT2D eigenvalue weighted by Gasteiger charge is 2.39. The fourth-order valence-electron chi connectivity index (χ4n) is 3.21. The second-order valence-electron chi connectivity index (χ2n) is 5.10. The molecule has 0 aromatic carbocycles. The minimum Gasteiger partial charge on any atom is -0.459 e. The second kappa shape index (κ2) is 6.27. The number of carbonyl (C=O) groups excluding carboxylic acids is 1. The Balaban J connectivity index is 2.76. The molecule has 1 atom stereocenters. The lowest BCUT2D eigenvalue weighted by atomic mass is 9.73. The molecule has 1 fully saturated rings. The number of esters is 1. The molecule has 16 heavy (non-hydrogen) atoms. The SMILES string of the molecule is CCCC(CC)(OC(C)=O)C1CCCCC1. The van der Waals surface area contributed by atoms with Gasteiger partial charge in [-0.05, 0) is 31.6 Å². The zero-order valence-electron chi connectivity index (χ0n) is 11.1. The molecule has 1 aliphatic carbocycles. The Kier molecular flexibility index (Phi) is 5.30. The minimum absolute atomic E-state index is 0.110. The molecule has 1 aliphatic rings. The van der Waals surface area contributed by atoms with Crippen molar-refractivity contribution >= 4 is 5.97 Å². The molecule has 0 radical (unpaired) electrons. The summed E-state index contributed by atoms with van der Waals surface area (Å²) in [7, 11) is 0. The highest BCUT2D eigenvalue weighted by atomic mass is 16.6. The van der Waals surface area contributed by atoms with Gasteiger partial charge in [0.1, 0.15) is 5.60 Å². The summed E-state index contributed by atoms with van der Waals surface area (Å²) < 4.78 is 5.73. The predicted octanol–water partition coefficient (Wildman–Crippen LogP) is 4.08. The van der Waals surface area contributed by atoms with Gasteiger partial charge in [-0.2, -0.15) is 0 Å². The molecule has 0 amide bonds. The third kappa shape index (κ3) is 3.23. The summed E-state index contributed by atoms with van der Waals surface area (Å²) in [6, 6.07) is 0. The number of ether oxygens (including phenoxy) is 1. The van der Waals surface area contributed by atoms with E-state index in [-0.39, 0.29) is 11.6 Å². The van der Waals surface area contributed by atoms with E-state index in [1.807, 2.05) is 0 Å². The molecule has 1 rings (SSSR count). The van der Waals surface area contributed by atoms with Gasteiger partial charge in [0.15, 0.2) is 0 Å². The van der Waals surface area contributed by atoms with Crippen LogP contribution in [0.1, 0.15) is 72.1 Å². The molecule has 0 aromatic heterocycles. The van der Waals surface area contributed by atoms with Gasteiger partial charge in [0.25, 0.3) is 0 Å². The summed E-state index contributed by atoms with van der Waals surface area (Å²) in [4.78, 5) is 11.3. The number of hydrogen-bond acceptors (Lipinski definition) is 2. The van der Waals surface area contributed by atoms with Crippen LogP contribution in [0.5, 0.6) is 0 Å². The van der Waals surface area contributed by atoms with Crippen LogP contribution in [0.25, 0.3) is 0 Å². The van der Waals surface area contributed by atoms with E-state index in [1.165, 1.54) is 32.1 Å². The first-order valence-electron chi connectivity index (χ1n) is 6.84. The van der Waals surface area contributed by atoms with Crippen LogP contribution in [0.4, 0.5) is 0 Å². The third-order valence-corrected chi connectivity index (χ3v) is 3.97. The fraction of sp³-hybridized carbons (Fsp3) is 0.929. The van der Waals surface area contributed by atoms with Crippen molar-refractivity contribution in [2.75, 3.05) is 0 Å². The number of rotatable bonds is 5. The Morgan fingerprint density at radius 1 is 1.25 bits per heavy atom. The van der Waals surface area contributed by atoms with E-state index < -0.39 is 0 Å². The molecule has 0 heterocycles. The lowest BCUT2D eigenvalue weighted by Gasteiger charge is -2.41. The molecule has 0 saturated heterocycles. The van der Waals surface area contributed by atoms with Crippen molar-refractivity contribution in [3.63, 3.8) is 0 Å². The quantitative estimate of drug-likeness (QED) is 0.660. The van der Waals surface area contributed by atoms with Crippen molar-refractivity contribution in [2.24, 2.45) is 5.92 Å². The van der Waals surface area contributed by atoms with Crippen LogP contribution in [0.3, 0.4) is 0 Å². The predicted molar refractivity (Wildman–Crippen MR) is 66.3 cm³/mol. The maximum absolute atomic E-state index is 11.3. The third-order valence-electron chi connectivity index (χ3n) is 3.97. The van der Waals surface area contributed by atoms with Crippen LogP contribution in [0, 0.1) is 5.92 Å². The first-order chi connectivity index (χ1) is 7.64. The summed E-state index contributed by atoms with van der Waals surface area (Å²) in [5, 5.41) is 0. The molecule has 1 unspecified atom stereocenters. The van der Waals surface area contributed by atoms with Gasteiger partial charge in [-0.1, -0.05) is 39.5 Å². The zero-order valence-corrected chi connectivity index (χ0v) is 11.1. The van der Waals surface area contributed by atoms with Crippen LogP contribution in [0.2, 0.25) is 0 Å². The Hall–Kier alpha value is -0.530. The molecular weight excluding hydrogens is 200 g/mol. The number of hydrogen-bond donors (Lipinski definition) is 0. The molecule has 2 heteroatoms. The average Bonchev–Trinajstić information content (AvgIpc) is 2.29. The van der Waals surface area contributed by atoms with Crippen molar-refractivity contribution < 1.29 is 9.53 Å². The topological polar surface area (TPSA) is 26.3 Å². The summed E-state index contributed by atoms with van der Waals surface area (Å²) in [5.74, 6) is 0.482. The van der Waals surface area contributed by atoms with Crippen molar-refractivity contribution in [1.29, 1.82) is 0 Å². The monoisotopic (exact) mass is 226 g/mol. The van der Waals surface area contributed by atoms with E-state index >= 15 is 0 Å². The largest absolute Gasteiger partial charge is 0.459 e. The summed E-state index contributed by atoms with van der Waals surface area (Å²) in [5.41, 5.74) is -0.166. The van der Waals surface area contributed by atoms with Crippen LogP contribution in [-0.2, 0) is 9.53 Å². The maximum Gasteiger partial charge on any atom is 0.303 e. The first-order valence-corrected chi connectivity index (χ1v) is 6.84. The lowest BCUT2D eigenvalue weighted by molar-refractivity contribution is -0.167. The molecule has 0 aliphatic heterocycles. The van der Waals surface area contributed by atoms with Crippen LogP contribution in [-0.4, -0.2) is 11.6 Å². The number of carbonyl (C=O) groups is 1. The Labute approximate surface area is 99.8 Å². The fourth-order valence-corrected chi connectivity index (χ4v) is 3.21. The van der Waals surface area contributed by atoms with E-state index in [4.69, 9.17) is 4.74 Å². The van der Waals surface area contributed by atoms with Gasteiger partial charge < -0.3 is 4.74 Å². The van der Waals surface area contributed by atoms with E-state index in [1.54, 1.807) is 6.92 Å². The minimum atomic E-state index is -0.166. The maximum atomic E-state index is 11.3. The van der Waals surface area contributed by atoms with E-state index in [9.17, 15) is 4.79 Å². The van der Waals surface area contributed by atoms with Gasteiger partial charge >= 0.3 is 5.97 Å². The van der Waals surface area contributed by atoms with E-state index in [0.717, 1.165) is 19.3 Å². The smallest absolute Gasteiger partial charge is 0.303 e. The molecule has 0 spiro atoms. The Morgan fingerprint density at radius 3 is 2.31 bits per heavy atom. The Morgan fingerprint density at radius 2 is 1.88 bits per heavy atom. The molecular formula is C14H26O2. The summed E-state index contributed by atoms with van der Waals surface area (Å²) >= 11 is 0. The van der Waals surface area contributed by atoms with Crippen LogP contribution in [0.15, 0.2) is 0 Å². The van der Waals surface area contributed by atoms with Gasteiger partial charge in [-0.15, -0.1) is 0 Å². The average molecular weight is 226 g/mol. The van der Waals surface area contributed by atoms with Gasteiger partial charge in [0.05, 0.1) is 0 Å². The van der Waals surface area contributed by atoms with Gasteiger partial charge in [-0.3, -0.25) is 4.79 Å². The van der Waals surface area contributed by atoms with E-state index in [0.29, 0.717) is 5.92 Å². The molecule has 0 aromatic rings. The van der Waals surface area contributed by atoms with Crippen molar-refractivity contribution in [3.05, 3.63) is 0 Å². The van der Waals surface area contributed by atoms with E-state index in [2.05, 4.69) is 13.8 Å². The Bertz CT molecular complexity index is 219. The lowest BCUT2D eigenvalue weighted by Crippen LogP contribution is -2.42. The van der Waals surface area contributed by atoms with Crippen molar-refractivity contribution in [1.82, 2.24) is 0 Å². The molecule has 94 valence electrons. The molecule has 0 bridgehead atoms. The van der Waals surface area contributed by atoms with Crippen LogP contribution < -0.4 is 0 Å². The zero-order chi connectivity index (χ0) is 12.0. The molecule has 0 N–H and O–H groups in total. The first kappa shape index (κ1) is 13.5. The standard InChI is InChI=1S/C14H26O2/c1-4-11-14(5-2,16-12(3)15)13-9-7-6-8-10-13/h13H,4-11H2,1-3H3. The van der Waals surface area contributed by atoms with Crippen molar-refractivity contribution in [2.45, 2.75) is 77.7 Å². The normalized spacial score (nSPS) is 21.4. The summed E-state index contributed by atoms with van der Waals surface area (Å²) in [6.45, 7) is 5.88. The van der Waals surface area contributed by atoms with Gasteiger partial charge in [0, 0.05) is 6.92 Å². The van der Waals surface area contributed by atoms with Crippen molar-refractivity contribution in [3.8, 4) is 0 Å². The second-order valence-corrected chi connectivity index (χ2v) is 5.10. The van der Waals surface area contributed by atoms with Gasteiger partial charge in [0.2, 0.25) is 0 Å². The highest BCUT2D eigenvalue weighted by molar-refractivity contribution is 5.66. The summed E-state index contributed by atoms with van der Waals surface area (Å²) in [6.07, 6.45) is 9.51.